The van der Waals surface area contributed by atoms with Crippen LogP contribution in [0.2, 0.25) is 0 Å². The van der Waals surface area contributed by atoms with Crippen LogP contribution in [0.4, 0.5) is 0 Å². The Hall–Kier alpha value is -1.29. The van der Waals surface area contributed by atoms with Crippen molar-refractivity contribution in [2.24, 2.45) is 0 Å². The Bertz CT molecular complexity index is 268. The molecule has 0 spiro atoms. The Morgan fingerprint density at radius 1 is 1.73 bits per heavy atom. The molecule has 0 aromatic carbocycles. The molecule has 2 rings (SSSR count). The van der Waals surface area contributed by atoms with Crippen LogP contribution in [0, 0.1) is 0 Å². The van der Waals surface area contributed by atoms with Gasteiger partial charge in [-0.25, -0.2) is 5.43 Å². The van der Waals surface area contributed by atoms with E-state index < -0.39 is 12.0 Å². The minimum atomic E-state index is -0.828. The first-order chi connectivity index (χ1) is 5.29. The number of rotatable bonds is 1. The van der Waals surface area contributed by atoms with Crippen LogP contribution in [0.5, 0.6) is 0 Å². The van der Waals surface area contributed by atoms with Crippen LogP contribution in [0.3, 0.4) is 0 Å². The third kappa shape index (κ3) is 0.832. The summed E-state index contributed by atoms with van der Waals surface area (Å²) in [5.41, 5.74) is 7.34. The van der Waals surface area contributed by atoms with Gasteiger partial charge in [0, 0.05) is 0 Å². The lowest BCUT2D eigenvalue weighted by molar-refractivity contribution is -0.138. The zero-order valence-corrected chi connectivity index (χ0v) is 5.79. The van der Waals surface area contributed by atoms with E-state index in [1.54, 1.807) is 0 Å². The Morgan fingerprint density at radius 3 is 3.27 bits per heavy atom. The minimum Gasteiger partial charge on any atom is -0.480 e. The number of hydrogen-bond donors (Lipinski definition) is 3. The lowest BCUT2D eigenvalue weighted by Crippen LogP contribution is -2.38. The van der Waals surface area contributed by atoms with Gasteiger partial charge >= 0.3 is 5.97 Å². The number of aliphatic carboxylic acids is 1. The maximum atomic E-state index is 10.6. The second kappa shape index (κ2) is 2.10. The smallest absolute Gasteiger partial charge is 0.326 e. The van der Waals surface area contributed by atoms with Gasteiger partial charge in [0.2, 0.25) is 0 Å². The highest BCUT2D eigenvalue weighted by molar-refractivity contribution is 5.79. The van der Waals surface area contributed by atoms with Gasteiger partial charge in [0.1, 0.15) is 6.04 Å². The van der Waals surface area contributed by atoms with E-state index in [0.717, 1.165) is 17.7 Å². The van der Waals surface area contributed by atoms with E-state index in [1.165, 1.54) is 0 Å². The fourth-order valence-corrected chi connectivity index (χ4v) is 1.36. The standard InChI is InChI=1S/C7H8N2O2/c10-7(11)6-4-2-1-3-5(4)8-9-6/h1,3,6,8-9H,2H2,(H,10,11). The second-order valence-corrected chi connectivity index (χ2v) is 2.59. The van der Waals surface area contributed by atoms with Crippen molar-refractivity contribution in [3.05, 3.63) is 23.4 Å². The zero-order chi connectivity index (χ0) is 7.84. The number of carboxylic acids is 1. The predicted molar refractivity (Wildman–Crippen MR) is 38.5 cm³/mol. The van der Waals surface area contributed by atoms with Crippen molar-refractivity contribution in [1.82, 2.24) is 10.9 Å². The highest BCUT2D eigenvalue weighted by atomic mass is 16.4. The summed E-state index contributed by atoms with van der Waals surface area (Å²) >= 11 is 0. The van der Waals surface area contributed by atoms with Gasteiger partial charge in [-0.1, -0.05) is 6.08 Å². The normalized spacial score (nSPS) is 27.1. The summed E-state index contributed by atoms with van der Waals surface area (Å²) in [7, 11) is 0. The molecule has 0 amide bonds. The fourth-order valence-electron chi connectivity index (χ4n) is 1.36. The highest BCUT2D eigenvalue weighted by Gasteiger charge is 2.30. The van der Waals surface area contributed by atoms with Crippen LogP contribution in [0.15, 0.2) is 23.4 Å². The van der Waals surface area contributed by atoms with E-state index in [2.05, 4.69) is 10.9 Å². The number of hydrazine groups is 1. The third-order valence-corrected chi connectivity index (χ3v) is 1.91. The molecule has 1 aliphatic carbocycles. The second-order valence-electron chi connectivity index (χ2n) is 2.59. The largest absolute Gasteiger partial charge is 0.480 e. The Balaban J connectivity index is 2.25. The van der Waals surface area contributed by atoms with E-state index in [-0.39, 0.29) is 0 Å². The van der Waals surface area contributed by atoms with Crippen molar-refractivity contribution in [1.29, 1.82) is 0 Å². The molecule has 0 saturated heterocycles. The maximum Gasteiger partial charge on any atom is 0.326 e. The lowest BCUT2D eigenvalue weighted by atomic mass is 10.1. The molecule has 1 heterocycles. The molecule has 11 heavy (non-hydrogen) atoms. The molecular formula is C7H8N2O2. The summed E-state index contributed by atoms with van der Waals surface area (Å²) in [4.78, 5) is 10.6. The number of hydrogen-bond acceptors (Lipinski definition) is 3. The SMILES string of the molecule is O=C(O)C1NNC2=C1CC=C2. The van der Waals surface area contributed by atoms with E-state index in [1.807, 2.05) is 12.2 Å². The van der Waals surface area contributed by atoms with Crippen molar-refractivity contribution in [2.75, 3.05) is 0 Å². The van der Waals surface area contributed by atoms with Gasteiger partial charge in [0.25, 0.3) is 0 Å². The first-order valence-electron chi connectivity index (χ1n) is 3.43. The van der Waals surface area contributed by atoms with Crippen molar-refractivity contribution >= 4 is 5.97 Å². The van der Waals surface area contributed by atoms with Crippen LogP contribution in [-0.2, 0) is 4.79 Å². The molecule has 1 aliphatic heterocycles. The van der Waals surface area contributed by atoms with Crippen LogP contribution < -0.4 is 10.9 Å². The highest BCUT2D eigenvalue weighted by Crippen LogP contribution is 2.23. The van der Waals surface area contributed by atoms with Crippen LogP contribution in [0.1, 0.15) is 6.42 Å². The number of nitrogens with one attached hydrogen (secondary N) is 2. The van der Waals surface area contributed by atoms with Gasteiger partial charge < -0.3 is 10.5 Å². The molecular weight excluding hydrogens is 144 g/mol. The molecule has 0 fully saturated rings. The van der Waals surface area contributed by atoms with Gasteiger partial charge in [0.15, 0.2) is 0 Å². The number of allylic oxidation sites excluding steroid dienone is 2. The van der Waals surface area contributed by atoms with E-state index in [0.29, 0.717) is 0 Å². The van der Waals surface area contributed by atoms with E-state index in [9.17, 15) is 4.79 Å². The Morgan fingerprint density at radius 2 is 2.55 bits per heavy atom. The van der Waals surface area contributed by atoms with Crippen LogP contribution >= 0.6 is 0 Å². The molecule has 2 aliphatic rings. The lowest BCUT2D eigenvalue weighted by Gasteiger charge is -2.06. The molecule has 0 saturated carbocycles. The summed E-state index contributed by atoms with van der Waals surface area (Å²) < 4.78 is 0. The summed E-state index contributed by atoms with van der Waals surface area (Å²) in [6.07, 6.45) is 4.59. The molecule has 0 aromatic heterocycles. The molecule has 58 valence electrons. The molecule has 4 nitrogen and oxygen atoms in total. The molecule has 0 aromatic rings. The summed E-state index contributed by atoms with van der Waals surface area (Å²) in [6, 6.07) is -0.542. The van der Waals surface area contributed by atoms with Gasteiger partial charge in [-0.05, 0) is 18.1 Å². The fraction of sp³-hybridized carbons (Fsp3) is 0.286. The quantitative estimate of drug-likeness (QED) is 0.485. The maximum absolute atomic E-state index is 10.6. The average Bonchev–Trinajstić information content (AvgIpc) is 2.41. The summed E-state index contributed by atoms with van der Waals surface area (Å²) in [5.74, 6) is -0.828. The Labute approximate surface area is 63.6 Å². The van der Waals surface area contributed by atoms with Crippen molar-refractivity contribution < 1.29 is 9.90 Å². The molecule has 3 N–H and O–H groups in total. The predicted octanol–water partition coefficient (Wildman–Crippen LogP) is -0.239. The van der Waals surface area contributed by atoms with Gasteiger partial charge in [-0.15, -0.1) is 0 Å². The molecule has 0 bridgehead atoms. The van der Waals surface area contributed by atoms with Gasteiger partial charge in [0.05, 0.1) is 5.70 Å². The third-order valence-electron chi connectivity index (χ3n) is 1.91. The average molecular weight is 152 g/mol. The topological polar surface area (TPSA) is 61.4 Å². The van der Waals surface area contributed by atoms with Crippen molar-refractivity contribution in [2.45, 2.75) is 12.5 Å². The summed E-state index contributed by atoms with van der Waals surface area (Å²) in [6.45, 7) is 0. The first-order valence-corrected chi connectivity index (χ1v) is 3.43. The minimum absolute atomic E-state index is 0.542. The Kier molecular flexibility index (Phi) is 1.22. The molecule has 1 unspecified atom stereocenters. The van der Waals surface area contributed by atoms with Crippen LogP contribution in [0.25, 0.3) is 0 Å². The molecule has 0 radical (unpaired) electrons. The summed E-state index contributed by atoms with van der Waals surface area (Å²) in [5, 5.41) is 8.70. The van der Waals surface area contributed by atoms with E-state index >= 15 is 0 Å². The first kappa shape index (κ1) is 6.42. The van der Waals surface area contributed by atoms with Crippen molar-refractivity contribution in [3.63, 3.8) is 0 Å². The molecule has 1 atom stereocenters. The van der Waals surface area contributed by atoms with Gasteiger partial charge in [-0.3, -0.25) is 4.79 Å². The van der Waals surface area contributed by atoms with E-state index in [4.69, 9.17) is 5.11 Å². The van der Waals surface area contributed by atoms with Crippen LogP contribution in [-0.4, -0.2) is 17.1 Å². The zero-order valence-electron chi connectivity index (χ0n) is 5.79. The number of carboxylic acid groups (broad SMARTS) is 1. The van der Waals surface area contributed by atoms with Crippen molar-refractivity contribution in [3.8, 4) is 0 Å². The monoisotopic (exact) mass is 152 g/mol. The molecule has 4 heteroatoms. The number of carbonyl (C=O) groups is 1. The van der Waals surface area contributed by atoms with Gasteiger partial charge in [-0.2, -0.15) is 0 Å².